The van der Waals surface area contributed by atoms with Gasteiger partial charge in [0.25, 0.3) is 5.99 Å². The van der Waals surface area contributed by atoms with Gasteiger partial charge >= 0.3 is 0 Å². The van der Waals surface area contributed by atoms with Crippen LogP contribution in [0.3, 0.4) is 0 Å². The molecule has 0 radical (unpaired) electrons. The van der Waals surface area contributed by atoms with Crippen molar-refractivity contribution in [2.75, 3.05) is 4.90 Å². The van der Waals surface area contributed by atoms with Crippen molar-refractivity contribution in [3.63, 3.8) is 0 Å². The minimum Gasteiger partial charge on any atom is -0.310 e. The SMILES string of the molecule is Cc1cc(C)c(B2Sc3ccccc3-c3cc(N4c5ccc(C)cc5C(c5cccc(Sc6ccccc6)c5)(c5cccc(Sc6ccccc6)c5)c5cc(C)ccc54)ccc32)c(C)c1. The van der Waals surface area contributed by atoms with E-state index in [-0.39, 0.29) is 5.99 Å². The van der Waals surface area contributed by atoms with E-state index in [2.05, 4.69) is 240 Å². The third-order valence-electron chi connectivity index (χ3n) is 13.1. The highest BCUT2D eigenvalue weighted by molar-refractivity contribution is 8.28. The molecule has 0 saturated carbocycles. The molecule has 0 N–H and O–H groups in total. The highest BCUT2D eigenvalue weighted by atomic mass is 32.2. The molecule has 0 fully saturated rings. The van der Waals surface area contributed by atoms with Crippen molar-refractivity contribution < 1.29 is 0 Å². The van der Waals surface area contributed by atoms with E-state index in [1.807, 2.05) is 35.1 Å². The van der Waals surface area contributed by atoms with Crippen LogP contribution >= 0.6 is 35.1 Å². The molecule has 2 heterocycles. The summed E-state index contributed by atoms with van der Waals surface area (Å²) in [5, 5.41) is 0. The van der Waals surface area contributed by atoms with Gasteiger partial charge in [-0.1, -0.05) is 184 Å². The van der Waals surface area contributed by atoms with Gasteiger partial charge in [0.1, 0.15) is 0 Å². The highest BCUT2D eigenvalue weighted by Crippen LogP contribution is 2.59. The second-order valence-corrected chi connectivity index (χ2v) is 21.0. The molecule has 5 heteroatoms. The average molecular weight is 890 g/mol. The maximum atomic E-state index is 2.55. The Labute approximate surface area is 397 Å². The Morgan fingerprint density at radius 2 is 0.954 bits per heavy atom. The Morgan fingerprint density at radius 1 is 0.431 bits per heavy atom. The number of hydrogen-bond donors (Lipinski definition) is 0. The van der Waals surface area contributed by atoms with Crippen LogP contribution in [-0.4, -0.2) is 5.99 Å². The first-order valence-corrected chi connectivity index (χ1v) is 24.9. The molecule has 9 aromatic rings. The molecule has 2 aliphatic heterocycles. The van der Waals surface area contributed by atoms with E-state index in [4.69, 9.17) is 0 Å². The second-order valence-electron chi connectivity index (χ2n) is 17.6. The van der Waals surface area contributed by atoms with Gasteiger partial charge in [-0.2, -0.15) is 11.6 Å². The molecule has 9 aromatic carbocycles. The summed E-state index contributed by atoms with van der Waals surface area (Å²) in [4.78, 5) is 8.76. The van der Waals surface area contributed by atoms with Crippen LogP contribution in [0.5, 0.6) is 0 Å². The Morgan fingerprint density at radius 3 is 1.52 bits per heavy atom. The molecule has 0 bridgehead atoms. The van der Waals surface area contributed by atoms with Crippen LogP contribution in [0.1, 0.15) is 50.1 Å². The lowest BCUT2D eigenvalue weighted by molar-refractivity contribution is 0.724. The van der Waals surface area contributed by atoms with Gasteiger partial charge < -0.3 is 4.90 Å². The lowest BCUT2D eigenvalue weighted by atomic mass is 9.56. The summed E-state index contributed by atoms with van der Waals surface area (Å²) >= 11 is 5.64. The van der Waals surface area contributed by atoms with Crippen molar-refractivity contribution in [1.29, 1.82) is 0 Å². The molecule has 2 aliphatic rings. The number of benzene rings is 9. The van der Waals surface area contributed by atoms with Crippen LogP contribution in [0.25, 0.3) is 11.1 Å². The van der Waals surface area contributed by atoms with Gasteiger partial charge in [0, 0.05) is 30.2 Å². The molecule has 0 amide bonds. The first-order chi connectivity index (χ1) is 31.7. The Hall–Kier alpha value is -6.11. The predicted molar refractivity (Wildman–Crippen MR) is 281 cm³/mol. The number of rotatable bonds is 8. The zero-order chi connectivity index (χ0) is 44.2. The fraction of sp³-hybridized carbons (Fsp3) is 0.100. The van der Waals surface area contributed by atoms with E-state index in [9.17, 15) is 0 Å². The molecule has 0 aliphatic carbocycles. The summed E-state index contributed by atoms with van der Waals surface area (Å²) in [6.45, 7) is 11.3. The Bertz CT molecular complexity index is 3110. The van der Waals surface area contributed by atoms with Gasteiger partial charge in [-0.25, -0.2) is 0 Å². The van der Waals surface area contributed by atoms with E-state index in [1.54, 1.807) is 0 Å². The van der Waals surface area contributed by atoms with Gasteiger partial charge in [0.2, 0.25) is 0 Å². The summed E-state index contributed by atoms with van der Waals surface area (Å²) in [6, 6.07) is 75.4. The van der Waals surface area contributed by atoms with Crippen LogP contribution in [0.2, 0.25) is 0 Å². The molecule has 11 rings (SSSR count). The van der Waals surface area contributed by atoms with Crippen LogP contribution in [0, 0.1) is 34.6 Å². The predicted octanol–water partition coefficient (Wildman–Crippen LogP) is 15.6. The maximum absolute atomic E-state index is 2.55. The zero-order valence-corrected chi connectivity index (χ0v) is 39.8. The fourth-order valence-electron chi connectivity index (χ4n) is 10.4. The third-order valence-corrected chi connectivity index (χ3v) is 16.4. The summed E-state index contributed by atoms with van der Waals surface area (Å²) in [5.74, 6) is 0.190. The van der Waals surface area contributed by atoms with Gasteiger partial charge in [-0.05, 0) is 147 Å². The van der Waals surface area contributed by atoms with Crippen molar-refractivity contribution in [2.45, 2.75) is 64.5 Å². The largest absolute Gasteiger partial charge is 0.310 e. The van der Waals surface area contributed by atoms with Crippen molar-refractivity contribution in [3.05, 3.63) is 250 Å². The molecule has 0 aromatic heterocycles. The second kappa shape index (κ2) is 17.0. The van der Waals surface area contributed by atoms with E-state index >= 15 is 0 Å². The van der Waals surface area contributed by atoms with Crippen LogP contribution < -0.4 is 15.8 Å². The summed E-state index contributed by atoms with van der Waals surface area (Å²) < 4.78 is 0. The minimum absolute atomic E-state index is 0.190. The first-order valence-electron chi connectivity index (χ1n) is 22.4. The smallest absolute Gasteiger partial charge is 0.281 e. The maximum Gasteiger partial charge on any atom is 0.281 e. The van der Waals surface area contributed by atoms with Crippen LogP contribution in [0.4, 0.5) is 17.1 Å². The van der Waals surface area contributed by atoms with E-state index in [0.717, 1.165) is 5.69 Å². The van der Waals surface area contributed by atoms with E-state index in [0.29, 0.717) is 0 Å². The fourth-order valence-corrected chi connectivity index (χ4v) is 13.7. The third kappa shape index (κ3) is 7.44. The average Bonchev–Trinajstić information content (AvgIpc) is 3.31. The molecule has 0 saturated heterocycles. The molecule has 0 atom stereocenters. The minimum atomic E-state index is -0.650. The lowest BCUT2D eigenvalue weighted by Gasteiger charge is -2.47. The molecule has 65 heavy (non-hydrogen) atoms. The topological polar surface area (TPSA) is 3.24 Å². The van der Waals surface area contributed by atoms with Gasteiger partial charge in [0.15, 0.2) is 0 Å². The molecule has 0 spiro atoms. The van der Waals surface area contributed by atoms with Gasteiger partial charge in [-0.3, -0.25) is 0 Å². The van der Waals surface area contributed by atoms with Crippen molar-refractivity contribution >= 4 is 69.1 Å². The van der Waals surface area contributed by atoms with E-state index in [1.165, 1.54) is 108 Å². The van der Waals surface area contributed by atoms with Crippen molar-refractivity contribution in [1.82, 2.24) is 0 Å². The summed E-state index contributed by atoms with van der Waals surface area (Å²) in [6.07, 6.45) is 0. The molecule has 0 unspecified atom stereocenters. The summed E-state index contributed by atoms with van der Waals surface area (Å²) in [5.41, 5.74) is 19.8. The Balaban J connectivity index is 1.16. The molecule has 314 valence electrons. The number of fused-ring (bicyclic) bond motifs is 5. The molecular formula is C60H48BNS3. The number of anilines is 3. The van der Waals surface area contributed by atoms with Crippen LogP contribution in [-0.2, 0) is 5.41 Å². The zero-order valence-electron chi connectivity index (χ0n) is 37.3. The molecule has 1 nitrogen and oxygen atoms in total. The highest BCUT2D eigenvalue weighted by Gasteiger charge is 2.47. The number of aryl methyl sites for hydroxylation is 5. The van der Waals surface area contributed by atoms with Crippen molar-refractivity contribution in [2.24, 2.45) is 0 Å². The Kier molecular flexibility index (Phi) is 10.9. The normalized spacial score (nSPS) is 13.4. The summed E-state index contributed by atoms with van der Waals surface area (Å²) in [7, 11) is 0. The van der Waals surface area contributed by atoms with E-state index < -0.39 is 5.41 Å². The first kappa shape index (κ1) is 41.6. The number of hydrogen-bond acceptors (Lipinski definition) is 4. The van der Waals surface area contributed by atoms with Gasteiger partial charge in [0.05, 0.1) is 16.8 Å². The standard InChI is InChI=1S/C60H48BNS3/c1-39-26-30-56-53(34-39)60(44-16-14-22-49(36-44)63-47-18-8-6-9-19-47,45-17-15-23-50(37-45)64-48-20-10-7-11-21-48)54-35-40(2)27-31-57(54)62(56)46-28-29-55-52(38-46)51-24-12-13-25-58(51)65-61(55)59-42(4)32-41(3)33-43(59)5/h6-38H,1-5H3. The number of nitrogens with zero attached hydrogens (tertiary/aromatic N) is 1. The molecular weight excluding hydrogens is 842 g/mol. The lowest BCUT2D eigenvalue weighted by Crippen LogP contribution is -2.45. The van der Waals surface area contributed by atoms with Gasteiger partial charge in [-0.15, -0.1) is 0 Å². The quantitative estimate of drug-likeness (QED) is 0.140. The van der Waals surface area contributed by atoms with Crippen LogP contribution in [0.15, 0.2) is 225 Å². The van der Waals surface area contributed by atoms with Crippen molar-refractivity contribution in [3.8, 4) is 11.1 Å². The monoisotopic (exact) mass is 889 g/mol.